The first-order valence-electron chi connectivity index (χ1n) is 16.5. The Morgan fingerprint density at radius 3 is 2.80 bits per heavy atom. The number of nitrogens with zero attached hydrogens (tertiary/aromatic N) is 1. The van der Waals surface area contributed by atoms with Gasteiger partial charge in [0.05, 0.1) is 36.7 Å². The Labute approximate surface area is 276 Å². The summed E-state index contributed by atoms with van der Waals surface area (Å²) >= 11 is 6.41. The molecule has 2 aliphatic carbocycles. The van der Waals surface area contributed by atoms with Crippen molar-refractivity contribution < 1.29 is 32.6 Å². The standard InChI is InChI=1S/C35H43ClN2O7S/c1-2-27-7-3-4-8-31(44-17-15-33(39)40)28-12-9-25(28)20-38-21-35(16-5-6-23-18-26(36)11-13-29(23)35)22-45-32-14-10-24(19-30(32)38)34(41)37-46(27,42)43/h4,8,10-11,13-14,18-19,25,27-28,31H,2-3,5-7,9,12,15-17,20-22H2,1H3,(H,37,41)(H,39,40)/b8-4+/t25-,27+,28+,31+,35-/m0/s1. The maximum absolute atomic E-state index is 13.4. The van der Waals surface area contributed by atoms with Gasteiger partial charge >= 0.3 is 5.97 Å². The van der Waals surface area contributed by atoms with Gasteiger partial charge in [-0.05, 0) is 105 Å². The number of aliphatic carboxylic acids is 1. The number of ether oxygens (including phenoxy) is 2. The van der Waals surface area contributed by atoms with Crippen LogP contribution in [0.5, 0.6) is 5.75 Å². The molecular weight excluding hydrogens is 628 g/mol. The Balaban J connectivity index is 1.40. The first kappa shape index (κ1) is 32.8. The molecule has 2 heterocycles. The number of hydrogen-bond donors (Lipinski definition) is 2. The van der Waals surface area contributed by atoms with E-state index >= 15 is 0 Å². The highest BCUT2D eigenvalue weighted by molar-refractivity contribution is 7.90. The number of carboxylic acid groups (broad SMARTS) is 1. The average Bonchev–Trinajstić information content (AvgIpc) is 3.15. The summed E-state index contributed by atoms with van der Waals surface area (Å²) < 4.78 is 41.7. The normalized spacial score (nSPS) is 29.7. The second-order valence-corrected chi connectivity index (χ2v) is 15.7. The first-order chi connectivity index (χ1) is 22.1. The first-order valence-corrected chi connectivity index (χ1v) is 18.4. The van der Waals surface area contributed by atoms with E-state index < -0.39 is 27.1 Å². The van der Waals surface area contributed by atoms with Gasteiger partial charge in [0.15, 0.2) is 0 Å². The Hall–Kier alpha value is -3.08. The molecule has 2 aromatic carbocycles. The summed E-state index contributed by atoms with van der Waals surface area (Å²) in [6.07, 6.45) is 9.64. The van der Waals surface area contributed by atoms with Crippen LogP contribution in [0, 0.1) is 11.8 Å². The monoisotopic (exact) mass is 670 g/mol. The molecule has 1 spiro atoms. The maximum Gasteiger partial charge on any atom is 0.305 e. The lowest BCUT2D eigenvalue weighted by molar-refractivity contribution is -0.139. The van der Waals surface area contributed by atoms with Crippen molar-refractivity contribution in [3.8, 4) is 5.75 Å². The van der Waals surface area contributed by atoms with E-state index in [0.717, 1.165) is 37.8 Å². The molecule has 248 valence electrons. The number of aryl methyl sites for hydroxylation is 1. The summed E-state index contributed by atoms with van der Waals surface area (Å²) in [5.41, 5.74) is 3.21. The predicted molar refractivity (Wildman–Crippen MR) is 177 cm³/mol. The second kappa shape index (κ2) is 13.6. The fourth-order valence-corrected chi connectivity index (χ4v) is 9.38. The maximum atomic E-state index is 13.4. The van der Waals surface area contributed by atoms with Gasteiger partial charge < -0.3 is 19.5 Å². The zero-order valence-electron chi connectivity index (χ0n) is 26.3. The van der Waals surface area contributed by atoms with E-state index in [1.807, 2.05) is 18.2 Å². The third-order valence-electron chi connectivity index (χ3n) is 10.4. The molecule has 1 amide bonds. The Bertz CT molecular complexity index is 1610. The fourth-order valence-electron chi connectivity index (χ4n) is 7.76. The lowest BCUT2D eigenvalue weighted by atomic mass is 9.68. The van der Waals surface area contributed by atoms with Crippen molar-refractivity contribution >= 4 is 39.2 Å². The molecule has 4 aliphatic rings. The van der Waals surface area contributed by atoms with Gasteiger partial charge in [-0.15, -0.1) is 0 Å². The molecule has 9 nitrogen and oxygen atoms in total. The van der Waals surface area contributed by atoms with Crippen molar-refractivity contribution in [2.45, 2.75) is 81.5 Å². The van der Waals surface area contributed by atoms with Crippen molar-refractivity contribution in [2.24, 2.45) is 11.8 Å². The SMILES string of the molecule is CC[C@@H]1CC/C=C/[C@@H](OCCC(=O)O)[C@@H]2CC[C@H]2CN2C[C@@]3(CCCc4cc(Cl)ccc43)COc3ccc(cc32)C(=O)NS1(=O)=O. The molecule has 0 aromatic heterocycles. The van der Waals surface area contributed by atoms with Gasteiger partial charge in [0, 0.05) is 29.1 Å². The lowest BCUT2D eigenvalue weighted by Gasteiger charge is -2.46. The summed E-state index contributed by atoms with van der Waals surface area (Å²) in [6, 6.07) is 11.3. The van der Waals surface area contributed by atoms with Crippen LogP contribution in [0.4, 0.5) is 5.69 Å². The molecule has 2 N–H and O–H groups in total. The second-order valence-electron chi connectivity index (χ2n) is 13.3. The number of carboxylic acids is 1. The zero-order chi connectivity index (χ0) is 32.5. The van der Waals surface area contributed by atoms with Crippen LogP contribution in [0.1, 0.15) is 79.8 Å². The average molecular weight is 671 g/mol. The molecule has 2 bridgehead atoms. The summed E-state index contributed by atoms with van der Waals surface area (Å²) in [5, 5.41) is 9.22. The van der Waals surface area contributed by atoms with Crippen molar-refractivity contribution in [1.29, 1.82) is 0 Å². The highest BCUT2D eigenvalue weighted by atomic mass is 35.5. The number of allylic oxidation sites excluding steroid dienone is 1. The van der Waals surface area contributed by atoms with Crippen LogP contribution in [-0.4, -0.2) is 63.1 Å². The molecule has 46 heavy (non-hydrogen) atoms. The van der Waals surface area contributed by atoms with E-state index in [4.69, 9.17) is 21.1 Å². The van der Waals surface area contributed by atoms with E-state index in [-0.39, 0.29) is 41.9 Å². The number of hydrogen-bond acceptors (Lipinski definition) is 7. The minimum atomic E-state index is -3.93. The number of fused-ring (bicyclic) bond motifs is 4. The van der Waals surface area contributed by atoms with Crippen LogP contribution < -0.4 is 14.4 Å². The number of halogens is 1. The highest BCUT2D eigenvalue weighted by Crippen LogP contribution is 2.47. The molecule has 1 saturated carbocycles. The van der Waals surface area contributed by atoms with Gasteiger partial charge in [-0.1, -0.05) is 36.7 Å². The fraction of sp³-hybridized carbons (Fsp3) is 0.543. The Morgan fingerprint density at radius 1 is 1.20 bits per heavy atom. The van der Waals surface area contributed by atoms with Crippen molar-refractivity contribution in [3.05, 3.63) is 70.3 Å². The van der Waals surface area contributed by atoms with E-state index in [2.05, 4.69) is 21.8 Å². The van der Waals surface area contributed by atoms with Crippen molar-refractivity contribution in [2.75, 3.05) is 31.2 Å². The minimum Gasteiger partial charge on any atom is -0.490 e. The number of carbonyl (C=O) groups excluding carboxylic acids is 1. The van der Waals surface area contributed by atoms with Crippen LogP contribution in [0.25, 0.3) is 0 Å². The number of anilines is 1. The lowest BCUT2D eigenvalue weighted by Crippen LogP contribution is -2.49. The number of sulfonamides is 1. The molecule has 0 radical (unpaired) electrons. The Morgan fingerprint density at radius 2 is 2.04 bits per heavy atom. The van der Waals surface area contributed by atoms with Gasteiger partial charge in [0.2, 0.25) is 10.0 Å². The smallest absolute Gasteiger partial charge is 0.305 e. The highest BCUT2D eigenvalue weighted by Gasteiger charge is 2.44. The molecule has 2 aliphatic heterocycles. The predicted octanol–water partition coefficient (Wildman–Crippen LogP) is 5.89. The largest absolute Gasteiger partial charge is 0.490 e. The molecule has 1 fully saturated rings. The van der Waals surface area contributed by atoms with E-state index in [0.29, 0.717) is 49.7 Å². The van der Waals surface area contributed by atoms with Crippen molar-refractivity contribution in [3.63, 3.8) is 0 Å². The molecule has 6 rings (SSSR count). The molecule has 0 saturated heterocycles. The summed E-state index contributed by atoms with van der Waals surface area (Å²) in [5.74, 6) is -0.443. The summed E-state index contributed by atoms with van der Waals surface area (Å²) in [7, 11) is -3.93. The van der Waals surface area contributed by atoms with Gasteiger partial charge in [0.25, 0.3) is 5.91 Å². The molecule has 0 unspecified atom stereocenters. The molecule has 5 atom stereocenters. The van der Waals surface area contributed by atoms with Crippen LogP contribution in [-0.2, 0) is 31.4 Å². The quantitative estimate of drug-likeness (QED) is 0.378. The third kappa shape index (κ3) is 6.80. The minimum absolute atomic E-state index is 0.0802. The van der Waals surface area contributed by atoms with Gasteiger partial charge in [-0.3, -0.25) is 9.59 Å². The molecule has 2 aromatic rings. The van der Waals surface area contributed by atoms with Gasteiger partial charge in [-0.25, -0.2) is 13.1 Å². The van der Waals surface area contributed by atoms with Gasteiger partial charge in [-0.2, -0.15) is 0 Å². The third-order valence-corrected chi connectivity index (χ3v) is 12.5. The van der Waals surface area contributed by atoms with Crippen LogP contribution in [0.3, 0.4) is 0 Å². The van der Waals surface area contributed by atoms with E-state index in [1.165, 1.54) is 11.1 Å². The number of amides is 1. The zero-order valence-corrected chi connectivity index (χ0v) is 27.8. The number of nitrogens with one attached hydrogen (secondary N) is 1. The topological polar surface area (TPSA) is 122 Å². The van der Waals surface area contributed by atoms with E-state index in [1.54, 1.807) is 25.1 Å². The van der Waals surface area contributed by atoms with E-state index in [9.17, 15) is 23.1 Å². The summed E-state index contributed by atoms with van der Waals surface area (Å²) in [4.78, 5) is 27.0. The van der Waals surface area contributed by atoms with Crippen LogP contribution >= 0.6 is 11.6 Å². The molecule has 11 heteroatoms. The van der Waals surface area contributed by atoms with Crippen LogP contribution in [0.2, 0.25) is 5.02 Å². The number of benzene rings is 2. The van der Waals surface area contributed by atoms with Crippen LogP contribution in [0.15, 0.2) is 48.6 Å². The summed E-state index contributed by atoms with van der Waals surface area (Å²) in [6.45, 7) is 3.75. The number of carbonyl (C=O) groups is 2. The number of rotatable bonds is 5. The van der Waals surface area contributed by atoms with Gasteiger partial charge in [0.1, 0.15) is 5.75 Å². The van der Waals surface area contributed by atoms with Crippen molar-refractivity contribution in [1.82, 2.24) is 4.72 Å². The Kier molecular flexibility index (Phi) is 9.69. The molecular formula is C35H43ClN2O7S.